The van der Waals surface area contributed by atoms with Crippen LogP contribution in [-0.2, 0) is 9.53 Å². The number of nitrogens with one attached hydrogen (secondary N) is 1. The average molecular weight is 249 g/mol. The number of carbonyl (C=O) groups excluding carboxylic acids is 1. The van der Waals surface area contributed by atoms with Crippen LogP contribution in [0.25, 0.3) is 0 Å². The monoisotopic (exact) mass is 249 g/mol. The molecule has 0 aromatic heterocycles. The van der Waals surface area contributed by atoms with Crippen molar-refractivity contribution in [3.8, 4) is 0 Å². The highest BCUT2D eigenvalue weighted by Gasteiger charge is 2.15. The molecule has 0 saturated carbocycles. The number of hydrogen-bond donors (Lipinski definition) is 3. The van der Waals surface area contributed by atoms with Gasteiger partial charge in [-0.25, -0.2) is 4.79 Å². The molecule has 0 unspecified atom stereocenters. The number of hydrogen-bond acceptors (Lipinski definition) is 4. The van der Waals surface area contributed by atoms with E-state index in [2.05, 4.69) is 5.32 Å². The predicted molar refractivity (Wildman–Crippen MR) is 63.7 cm³/mol. The molecule has 4 N–H and O–H groups in total. The van der Waals surface area contributed by atoms with Crippen LogP contribution < -0.4 is 11.1 Å². The lowest BCUT2D eigenvalue weighted by Gasteiger charge is -2.19. The minimum atomic E-state index is -2.15. The molecule has 1 atom stereocenters. The number of carboxylic acids is 1. The van der Waals surface area contributed by atoms with Gasteiger partial charge in [-0.3, -0.25) is 4.79 Å². The lowest BCUT2D eigenvalue weighted by molar-refractivity contribution is -0.138. The molecule has 0 aliphatic rings. The molecule has 0 saturated heterocycles. The molecule has 0 aromatic rings. The number of amides is 1. The molecule has 100 valence electrons. The van der Waals surface area contributed by atoms with Gasteiger partial charge in [0.05, 0.1) is 1.37 Å². The smallest absolute Gasteiger partial charge is 0.407 e. The van der Waals surface area contributed by atoms with Crippen LogP contribution in [-0.4, -0.2) is 35.3 Å². The number of carboxylic acid groups (broad SMARTS) is 1. The lowest BCUT2D eigenvalue weighted by atomic mass is 10.1. The molecule has 6 heteroatoms. The lowest BCUT2D eigenvalue weighted by Crippen LogP contribution is -2.33. The third-order valence-corrected chi connectivity index (χ3v) is 1.61. The van der Waals surface area contributed by atoms with Gasteiger partial charge in [-0.15, -0.1) is 0 Å². The fourth-order valence-electron chi connectivity index (χ4n) is 0.912. The van der Waals surface area contributed by atoms with E-state index in [9.17, 15) is 9.59 Å². The van der Waals surface area contributed by atoms with E-state index in [1.54, 1.807) is 20.8 Å². The van der Waals surface area contributed by atoms with E-state index in [1.807, 2.05) is 0 Å². The number of nitrogens with two attached hydrogens (primary N) is 1. The normalized spacial score (nSPS) is 18.2. The molecule has 0 heterocycles. The van der Waals surface area contributed by atoms with Gasteiger partial charge in [-0.2, -0.15) is 0 Å². The van der Waals surface area contributed by atoms with Gasteiger partial charge in [-0.1, -0.05) is 0 Å². The summed E-state index contributed by atoms with van der Waals surface area (Å²) in [6, 6.07) is -2.15. The quantitative estimate of drug-likeness (QED) is 0.654. The van der Waals surface area contributed by atoms with Crippen molar-refractivity contribution in [3.63, 3.8) is 0 Å². The van der Waals surface area contributed by atoms with Gasteiger partial charge in [0.15, 0.2) is 0 Å². The van der Waals surface area contributed by atoms with Crippen LogP contribution in [0.2, 0.25) is 0 Å². The molecule has 0 fully saturated rings. The van der Waals surface area contributed by atoms with Gasteiger partial charge in [0.25, 0.3) is 0 Å². The molecule has 6 nitrogen and oxygen atoms in total. The van der Waals surface area contributed by atoms with E-state index in [0.717, 1.165) is 0 Å². The van der Waals surface area contributed by atoms with E-state index in [-0.39, 0.29) is 19.3 Å². The van der Waals surface area contributed by atoms with E-state index in [0.29, 0.717) is 0 Å². The summed E-state index contributed by atoms with van der Waals surface area (Å²) in [7, 11) is 0. The Morgan fingerprint density at radius 2 is 2.12 bits per heavy atom. The summed E-state index contributed by atoms with van der Waals surface area (Å²) in [5.74, 6) is -1.47. The van der Waals surface area contributed by atoms with Crippen molar-refractivity contribution in [1.82, 2.24) is 5.32 Å². The maximum Gasteiger partial charge on any atom is 0.407 e. The van der Waals surface area contributed by atoms with E-state index in [1.165, 1.54) is 0 Å². The van der Waals surface area contributed by atoms with Crippen molar-refractivity contribution < 1.29 is 23.5 Å². The summed E-state index contributed by atoms with van der Waals surface area (Å²) in [6.07, 6.45) is -1.25. The van der Waals surface area contributed by atoms with Gasteiger partial charge < -0.3 is 20.9 Å². The van der Waals surface area contributed by atoms with Gasteiger partial charge >= 0.3 is 12.1 Å². The van der Waals surface area contributed by atoms with Crippen LogP contribution in [0.5, 0.6) is 0 Å². The molecular weight excluding hydrogens is 224 g/mol. The van der Waals surface area contributed by atoms with E-state index < -0.39 is 30.2 Å². The highest BCUT2D eigenvalue weighted by Crippen LogP contribution is 2.06. The molecule has 0 radical (unpaired) electrons. The molecule has 0 aliphatic heterocycles. The van der Waals surface area contributed by atoms with E-state index in [4.69, 9.17) is 19.7 Å². The first-order valence-corrected chi connectivity index (χ1v) is 5.29. The van der Waals surface area contributed by atoms with Crippen LogP contribution in [0.15, 0.2) is 0 Å². The van der Waals surface area contributed by atoms with Crippen molar-refractivity contribution >= 4 is 12.1 Å². The fraction of sp³-hybridized carbons (Fsp3) is 0.818. The van der Waals surface area contributed by atoms with Gasteiger partial charge in [0.2, 0.25) is 0 Å². The van der Waals surface area contributed by atoms with Gasteiger partial charge in [0, 0.05) is 9.24 Å². The summed E-state index contributed by atoms with van der Waals surface area (Å²) in [4.78, 5) is 22.0. The Kier molecular flexibility index (Phi) is 4.53. The summed E-state index contributed by atoms with van der Waals surface area (Å²) >= 11 is 0. The largest absolute Gasteiger partial charge is 0.480 e. The van der Waals surface area contributed by atoms with Crippen molar-refractivity contribution in [1.29, 1.82) is 0 Å². The van der Waals surface area contributed by atoms with Crippen molar-refractivity contribution in [3.05, 3.63) is 0 Å². The molecule has 0 rings (SSSR count). The third kappa shape index (κ3) is 9.62. The van der Waals surface area contributed by atoms with Crippen molar-refractivity contribution in [2.75, 3.05) is 6.50 Å². The van der Waals surface area contributed by atoms with Crippen molar-refractivity contribution in [2.24, 2.45) is 5.73 Å². The average Bonchev–Trinajstić information content (AvgIpc) is 2.11. The maximum absolute atomic E-state index is 11.4. The zero-order valence-corrected chi connectivity index (χ0v) is 10.4. The number of ether oxygens (including phenoxy) is 1. The summed E-state index contributed by atoms with van der Waals surface area (Å²) in [5.41, 5.74) is 4.47. The molecule has 0 bridgehead atoms. The molecular formula is C11H22N2O4. The molecule has 17 heavy (non-hydrogen) atoms. The second-order valence-corrected chi connectivity index (χ2v) is 4.49. The second kappa shape index (κ2) is 7.11. The first-order valence-electron chi connectivity index (χ1n) is 6.79. The molecule has 0 aliphatic carbocycles. The van der Waals surface area contributed by atoms with Crippen LogP contribution in [0, 0.1) is 0 Å². The summed E-state index contributed by atoms with van der Waals surface area (Å²) in [5, 5.41) is 10.7. The van der Waals surface area contributed by atoms with Crippen LogP contribution in [0.1, 0.15) is 44.1 Å². The highest BCUT2D eigenvalue weighted by molar-refractivity contribution is 5.72. The SMILES string of the molecule is [2H]C([2H])(CCC[C@]([2H])(N)C(=O)O)NC(=O)OC(C)(C)C. The standard InChI is InChI=1S/C11H22N2O4/c1-11(2,3)17-10(16)13-7-5-4-6-8(12)9(14)15/h8H,4-7,12H2,1-3H3,(H,13,16)(H,14,15)/t8-/m0/s1/i7D2,8D. The number of carbonyl (C=O) groups is 2. The fourth-order valence-corrected chi connectivity index (χ4v) is 0.912. The number of aliphatic carboxylic acids is 1. The first kappa shape index (κ1) is 10.8. The van der Waals surface area contributed by atoms with Crippen LogP contribution in [0.3, 0.4) is 0 Å². The predicted octanol–water partition coefficient (Wildman–Crippen LogP) is 1.09. The Morgan fingerprint density at radius 3 is 2.59 bits per heavy atom. The van der Waals surface area contributed by atoms with Gasteiger partial charge in [-0.05, 0) is 40.0 Å². The minimum absolute atomic E-state index is 0.0368. The minimum Gasteiger partial charge on any atom is -0.480 e. The Bertz CT molecular complexity index is 367. The Balaban J connectivity index is 4.27. The van der Waals surface area contributed by atoms with E-state index >= 15 is 0 Å². The first-order chi connectivity index (χ1) is 8.75. The highest BCUT2D eigenvalue weighted by atomic mass is 16.6. The number of rotatable bonds is 6. The zero-order chi connectivity index (χ0) is 16.2. The second-order valence-electron chi connectivity index (χ2n) is 4.49. The Morgan fingerprint density at radius 1 is 1.53 bits per heavy atom. The third-order valence-electron chi connectivity index (χ3n) is 1.61. The molecule has 0 spiro atoms. The summed E-state index contributed by atoms with van der Waals surface area (Å²) in [6.45, 7) is 2.89. The maximum atomic E-state index is 11.4. The zero-order valence-electron chi connectivity index (χ0n) is 13.4. The van der Waals surface area contributed by atoms with Crippen LogP contribution >= 0.6 is 0 Å². The summed E-state index contributed by atoms with van der Waals surface area (Å²) < 4.78 is 27.4. The Labute approximate surface area is 106 Å². The number of alkyl carbamates (subject to hydrolysis) is 1. The topological polar surface area (TPSA) is 102 Å². The molecule has 0 aromatic carbocycles. The Hall–Kier alpha value is -1.30. The van der Waals surface area contributed by atoms with Crippen molar-refractivity contribution in [2.45, 2.75) is 51.7 Å². The van der Waals surface area contributed by atoms with Crippen LogP contribution in [0.4, 0.5) is 4.79 Å². The molecule has 1 amide bonds. The van der Waals surface area contributed by atoms with Gasteiger partial charge in [0.1, 0.15) is 11.6 Å².